The molecule has 0 radical (unpaired) electrons. The van der Waals surface area contributed by atoms with E-state index in [-0.39, 0.29) is 24.4 Å². The molecule has 3 aromatic heterocycles. The monoisotopic (exact) mass is 416 g/mol. The minimum absolute atomic E-state index is 0.0247. The summed E-state index contributed by atoms with van der Waals surface area (Å²) < 4.78 is 2.21. The summed E-state index contributed by atoms with van der Waals surface area (Å²) in [4.78, 5) is 38.5. The van der Waals surface area contributed by atoms with Gasteiger partial charge in [0.05, 0.1) is 36.1 Å². The minimum Gasteiger partial charge on any atom is -0.359 e. The van der Waals surface area contributed by atoms with Crippen LogP contribution >= 0.6 is 0 Å². The molecule has 0 saturated carbocycles. The van der Waals surface area contributed by atoms with E-state index in [4.69, 9.17) is 0 Å². The number of anilines is 2. The fourth-order valence-electron chi connectivity index (χ4n) is 4.43. The molecule has 0 bridgehead atoms. The van der Waals surface area contributed by atoms with E-state index in [0.29, 0.717) is 30.2 Å². The van der Waals surface area contributed by atoms with Crippen LogP contribution < -0.4 is 10.2 Å². The lowest BCUT2D eigenvalue weighted by atomic mass is 10.0. The number of hydrogen-bond donors (Lipinski definition) is 1. The van der Waals surface area contributed by atoms with Gasteiger partial charge >= 0.3 is 0 Å². The molecule has 5 heterocycles. The van der Waals surface area contributed by atoms with Crippen molar-refractivity contribution in [3.8, 4) is 0 Å². The van der Waals surface area contributed by atoms with Gasteiger partial charge in [-0.1, -0.05) is 13.0 Å². The molecule has 0 saturated heterocycles. The fraction of sp³-hybridized carbons (Fsp3) is 0.304. The Morgan fingerprint density at radius 2 is 2.10 bits per heavy atom. The van der Waals surface area contributed by atoms with Crippen LogP contribution in [0.5, 0.6) is 0 Å². The SMILES string of the molecule is CCC1c2cccn2CCN1C(=O)c1cnc2c(c1)N(Cc1ccccn1)C(=O)CN2. The Kier molecular flexibility index (Phi) is 4.89. The Bertz CT molecular complexity index is 1130. The van der Waals surface area contributed by atoms with Crippen LogP contribution in [-0.2, 0) is 17.9 Å². The van der Waals surface area contributed by atoms with Crippen molar-refractivity contribution < 1.29 is 9.59 Å². The third kappa shape index (κ3) is 3.43. The van der Waals surface area contributed by atoms with Gasteiger partial charge in [0.1, 0.15) is 0 Å². The summed E-state index contributed by atoms with van der Waals surface area (Å²) in [7, 11) is 0. The zero-order chi connectivity index (χ0) is 21.4. The Morgan fingerprint density at radius 3 is 2.90 bits per heavy atom. The fourth-order valence-corrected chi connectivity index (χ4v) is 4.43. The Balaban J connectivity index is 1.46. The van der Waals surface area contributed by atoms with Crippen molar-refractivity contribution in [2.45, 2.75) is 32.5 Å². The van der Waals surface area contributed by atoms with Crippen LogP contribution in [0, 0.1) is 0 Å². The van der Waals surface area contributed by atoms with Crippen LogP contribution in [-0.4, -0.2) is 44.3 Å². The van der Waals surface area contributed by atoms with E-state index in [9.17, 15) is 9.59 Å². The van der Waals surface area contributed by atoms with Gasteiger partial charge in [0.25, 0.3) is 5.91 Å². The maximum absolute atomic E-state index is 13.5. The molecule has 31 heavy (non-hydrogen) atoms. The van der Waals surface area contributed by atoms with Crippen molar-refractivity contribution in [2.24, 2.45) is 0 Å². The number of carbonyl (C=O) groups is 2. The standard InChI is InChI=1S/C23H24N6O2/c1-2-18-19-7-5-9-27(19)10-11-28(18)23(31)16-12-20-22(25-13-16)26-14-21(30)29(20)15-17-6-3-4-8-24-17/h3-9,12-13,18H,2,10-11,14-15H2,1H3,(H,25,26). The third-order valence-electron chi connectivity index (χ3n) is 5.97. The van der Waals surface area contributed by atoms with Gasteiger partial charge in [0.15, 0.2) is 5.82 Å². The molecule has 0 aromatic carbocycles. The predicted molar refractivity (Wildman–Crippen MR) is 117 cm³/mol. The number of rotatable bonds is 4. The largest absolute Gasteiger partial charge is 0.359 e. The lowest BCUT2D eigenvalue weighted by Gasteiger charge is -2.37. The molecule has 0 fully saturated rings. The predicted octanol–water partition coefficient (Wildman–Crippen LogP) is 2.84. The summed E-state index contributed by atoms with van der Waals surface area (Å²) in [5.74, 6) is 0.462. The summed E-state index contributed by atoms with van der Waals surface area (Å²) in [6, 6.07) is 11.5. The smallest absolute Gasteiger partial charge is 0.256 e. The van der Waals surface area contributed by atoms with E-state index in [2.05, 4.69) is 39.0 Å². The normalized spacial score (nSPS) is 17.7. The lowest BCUT2D eigenvalue weighted by Crippen LogP contribution is -2.42. The molecule has 0 spiro atoms. The minimum atomic E-state index is -0.0770. The average Bonchev–Trinajstić information content (AvgIpc) is 3.29. The van der Waals surface area contributed by atoms with Crippen molar-refractivity contribution in [1.82, 2.24) is 19.4 Å². The van der Waals surface area contributed by atoms with Gasteiger partial charge in [-0.3, -0.25) is 14.6 Å². The molecular formula is C23H24N6O2. The molecule has 1 unspecified atom stereocenters. The summed E-state index contributed by atoms with van der Waals surface area (Å²) in [5.41, 5.74) is 3.03. The first-order valence-electron chi connectivity index (χ1n) is 10.6. The molecular weight excluding hydrogens is 392 g/mol. The van der Waals surface area contributed by atoms with Crippen molar-refractivity contribution in [2.75, 3.05) is 23.3 Å². The molecule has 2 amide bonds. The molecule has 3 aromatic rings. The zero-order valence-electron chi connectivity index (χ0n) is 17.4. The Morgan fingerprint density at radius 1 is 1.19 bits per heavy atom. The van der Waals surface area contributed by atoms with Crippen LogP contribution in [0.1, 0.15) is 41.1 Å². The highest BCUT2D eigenvalue weighted by Gasteiger charge is 2.32. The molecule has 2 aliphatic heterocycles. The molecule has 158 valence electrons. The quantitative estimate of drug-likeness (QED) is 0.707. The van der Waals surface area contributed by atoms with Gasteiger partial charge in [-0.05, 0) is 36.8 Å². The molecule has 1 atom stereocenters. The number of aromatic nitrogens is 3. The maximum atomic E-state index is 13.5. The van der Waals surface area contributed by atoms with E-state index < -0.39 is 0 Å². The number of hydrogen-bond acceptors (Lipinski definition) is 5. The van der Waals surface area contributed by atoms with Crippen LogP contribution in [0.25, 0.3) is 0 Å². The van der Waals surface area contributed by atoms with Gasteiger partial charge in [0, 0.05) is 37.4 Å². The number of fused-ring (bicyclic) bond motifs is 2. The zero-order valence-corrected chi connectivity index (χ0v) is 17.4. The number of nitrogens with one attached hydrogen (secondary N) is 1. The molecule has 0 aliphatic carbocycles. The van der Waals surface area contributed by atoms with Crippen molar-refractivity contribution in [1.29, 1.82) is 0 Å². The van der Waals surface area contributed by atoms with Gasteiger partial charge in [-0.25, -0.2) is 4.98 Å². The van der Waals surface area contributed by atoms with Gasteiger partial charge in [-0.2, -0.15) is 0 Å². The highest BCUT2D eigenvalue weighted by molar-refractivity contribution is 6.04. The van der Waals surface area contributed by atoms with Gasteiger partial charge in [-0.15, -0.1) is 0 Å². The van der Waals surface area contributed by atoms with Gasteiger partial charge < -0.3 is 19.7 Å². The van der Waals surface area contributed by atoms with Crippen LogP contribution in [0.2, 0.25) is 0 Å². The van der Waals surface area contributed by atoms with Crippen molar-refractivity contribution in [3.63, 3.8) is 0 Å². The van der Waals surface area contributed by atoms with Crippen LogP contribution in [0.15, 0.2) is 55.0 Å². The highest BCUT2D eigenvalue weighted by Crippen LogP contribution is 2.33. The Hall–Kier alpha value is -3.68. The maximum Gasteiger partial charge on any atom is 0.256 e. The molecule has 1 N–H and O–H groups in total. The second-order valence-corrected chi connectivity index (χ2v) is 7.80. The van der Waals surface area contributed by atoms with Crippen molar-refractivity contribution in [3.05, 3.63) is 71.9 Å². The lowest BCUT2D eigenvalue weighted by molar-refractivity contribution is -0.117. The number of carbonyl (C=O) groups excluding carboxylic acids is 2. The number of pyridine rings is 2. The van der Waals surface area contributed by atoms with E-state index >= 15 is 0 Å². The highest BCUT2D eigenvalue weighted by atomic mass is 16.2. The first-order chi connectivity index (χ1) is 15.2. The summed E-state index contributed by atoms with van der Waals surface area (Å²) in [6.45, 7) is 4.01. The summed E-state index contributed by atoms with van der Waals surface area (Å²) in [5, 5.41) is 3.05. The number of nitrogens with zero attached hydrogens (tertiary/aromatic N) is 5. The first-order valence-corrected chi connectivity index (χ1v) is 10.6. The number of amides is 2. The Labute approximate surface area is 180 Å². The third-order valence-corrected chi connectivity index (χ3v) is 5.97. The topological polar surface area (TPSA) is 83.4 Å². The van der Waals surface area contributed by atoms with E-state index in [0.717, 1.165) is 24.4 Å². The van der Waals surface area contributed by atoms with E-state index in [1.165, 1.54) is 0 Å². The summed E-state index contributed by atoms with van der Waals surface area (Å²) >= 11 is 0. The first kappa shape index (κ1) is 19.3. The van der Waals surface area contributed by atoms with Gasteiger partial charge in [0.2, 0.25) is 5.91 Å². The van der Waals surface area contributed by atoms with E-state index in [1.54, 1.807) is 23.4 Å². The second-order valence-electron chi connectivity index (χ2n) is 7.80. The average molecular weight is 416 g/mol. The summed E-state index contributed by atoms with van der Waals surface area (Å²) in [6.07, 6.45) is 6.20. The van der Waals surface area contributed by atoms with Crippen molar-refractivity contribution >= 4 is 23.3 Å². The molecule has 8 heteroatoms. The van der Waals surface area contributed by atoms with Crippen LogP contribution in [0.3, 0.4) is 0 Å². The molecule has 2 aliphatic rings. The molecule has 5 rings (SSSR count). The second kappa shape index (κ2) is 7.86. The van der Waals surface area contributed by atoms with E-state index in [1.807, 2.05) is 29.2 Å². The van der Waals surface area contributed by atoms with Crippen LogP contribution in [0.4, 0.5) is 11.5 Å². The molecule has 8 nitrogen and oxygen atoms in total.